The summed E-state index contributed by atoms with van der Waals surface area (Å²) < 4.78 is 33.3. The van der Waals surface area contributed by atoms with Crippen LogP contribution in [0.3, 0.4) is 0 Å². The van der Waals surface area contributed by atoms with Crippen LogP contribution < -0.4 is 10.1 Å². The van der Waals surface area contributed by atoms with Crippen LogP contribution in [0, 0.1) is 0 Å². The molecule has 0 aromatic heterocycles. The summed E-state index contributed by atoms with van der Waals surface area (Å²) in [5.74, 6) is 0.249. The molecule has 8 heteroatoms. The molecule has 0 spiro atoms. The monoisotopic (exact) mass is 333 g/mol. The Morgan fingerprint density at radius 2 is 2.24 bits per heavy atom. The van der Waals surface area contributed by atoms with Gasteiger partial charge in [0.1, 0.15) is 19.0 Å². The lowest BCUT2D eigenvalue weighted by atomic mass is 10.1. The van der Waals surface area contributed by atoms with Gasteiger partial charge >= 0.3 is 0 Å². The van der Waals surface area contributed by atoms with Crippen molar-refractivity contribution < 1.29 is 22.7 Å². The first-order valence-corrected chi connectivity index (χ1v) is 8.70. The molecule has 1 aromatic carbocycles. The Balaban J connectivity index is 2.12. The van der Waals surface area contributed by atoms with Crippen molar-refractivity contribution in [1.29, 1.82) is 0 Å². The summed E-state index contributed by atoms with van der Waals surface area (Å²) in [7, 11) is 1.50. The van der Waals surface area contributed by atoms with E-state index in [0.717, 1.165) is 0 Å². The third kappa shape index (κ3) is 4.09. The molecule has 0 bridgehead atoms. The van der Waals surface area contributed by atoms with E-state index in [1.807, 2.05) is 13.8 Å². The number of rotatable bonds is 5. The van der Waals surface area contributed by atoms with Crippen LogP contribution >= 0.6 is 10.7 Å². The SMILES string of the molecule is CC(C)OCC(=O)NC1COc2ccc(S(=O)(=O)Cl)cc21. The number of amides is 1. The molecular weight excluding hydrogens is 318 g/mol. The molecule has 1 atom stereocenters. The first-order chi connectivity index (χ1) is 9.77. The second-order valence-electron chi connectivity index (χ2n) is 4.93. The molecule has 0 saturated carbocycles. The van der Waals surface area contributed by atoms with Gasteiger partial charge in [0, 0.05) is 16.2 Å². The van der Waals surface area contributed by atoms with Gasteiger partial charge in [-0.05, 0) is 32.0 Å². The number of carbonyl (C=O) groups excluding carboxylic acids is 1. The summed E-state index contributed by atoms with van der Waals surface area (Å²) in [6, 6.07) is 3.90. The lowest BCUT2D eigenvalue weighted by Gasteiger charge is -2.13. The van der Waals surface area contributed by atoms with Crippen molar-refractivity contribution in [3.63, 3.8) is 0 Å². The lowest BCUT2D eigenvalue weighted by Crippen LogP contribution is -2.33. The molecule has 0 fully saturated rings. The van der Waals surface area contributed by atoms with Gasteiger partial charge in [-0.15, -0.1) is 0 Å². The Bertz CT molecular complexity index is 644. The number of hydrogen-bond donors (Lipinski definition) is 1. The van der Waals surface area contributed by atoms with Gasteiger partial charge in [-0.2, -0.15) is 0 Å². The first kappa shape index (κ1) is 16.1. The van der Waals surface area contributed by atoms with Gasteiger partial charge in [0.25, 0.3) is 9.05 Å². The van der Waals surface area contributed by atoms with Gasteiger partial charge in [0.2, 0.25) is 5.91 Å². The maximum atomic E-state index is 11.8. The summed E-state index contributed by atoms with van der Waals surface area (Å²) in [4.78, 5) is 11.7. The van der Waals surface area contributed by atoms with Crippen LogP contribution in [-0.2, 0) is 18.6 Å². The van der Waals surface area contributed by atoms with Crippen LogP contribution in [0.2, 0.25) is 0 Å². The zero-order chi connectivity index (χ0) is 15.6. The van der Waals surface area contributed by atoms with E-state index in [1.165, 1.54) is 18.2 Å². The van der Waals surface area contributed by atoms with Crippen molar-refractivity contribution in [1.82, 2.24) is 5.32 Å². The molecule has 0 saturated heterocycles. The summed E-state index contributed by atoms with van der Waals surface area (Å²) in [6.45, 7) is 3.85. The highest BCUT2D eigenvalue weighted by atomic mass is 35.7. The van der Waals surface area contributed by atoms with Crippen LogP contribution in [0.5, 0.6) is 5.75 Å². The minimum Gasteiger partial charge on any atom is -0.491 e. The number of nitrogens with one attached hydrogen (secondary N) is 1. The molecule has 1 aromatic rings. The van der Waals surface area contributed by atoms with Crippen molar-refractivity contribution in [3.05, 3.63) is 23.8 Å². The van der Waals surface area contributed by atoms with E-state index >= 15 is 0 Å². The van der Waals surface area contributed by atoms with Crippen LogP contribution in [-0.4, -0.2) is 33.6 Å². The largest absolute Gasteiger partial charge is 0.491 e. The molecule has 0 aliphatic carbocycles. The van der Waals surface area contributed by atoms with Crippen molar-refractivity contribution in [2.45, 2.75) is 30.9 Å². The number of fused-ring (bicyclic) bond motifs is 1. The van der Waals surface area contributed by atoms with Crippen LogP contribution in [0.25, 0.3) is 0 Å². The van der Waals surface area contributed by atoms with Crippen molar-refractivity contribution >= 4 is 25.6 Å². The van der Waals surface area contributed by atoms with E-state index in [2.05, 4.69) is 5.32 Å². The fraction of sp³-hybridized carbons (Fsp3) is 0.462. The standard InChI is InChI=1S/C13H16ClNO5S/c1-8(2)19-7-13(16)15-11-6-20-12-4-3-9(5-10(11)12)21(14,17)18/h3-5,8,11H,6-7H2,1-2H3,(H,15,16). The van der Waals surface area contributed by atoms with Gasteiger partial charge in [-0.3, -0.25) is 4.79 Å². The summed E-state index contributed by atoms with van der Waals surface area (Å²) in [5.41, 5.74) is 0.592. The zero-order valence-electron chi connectivity index (χ0n) is 11.6. The van der Waals surface area contributed by atoms with E-state index in [4.69, 9.17) is 20.2 Å². The highest BCUT2D eigenvalue weighted by molar-refractivity contribution is 8.13. The highest BCUT2D eigenvalue weighted by Gasteiger charge is 2.27. The van der Waals surface area contributed by atoms with Crippen LogP contribution in [0.15, 0.2) is 23.1 Å². The third-order valence-electron chi connectivity index (χ3n) is 2.93. The van der Waals surface area contributed by atoms with Crippen molar-refractivity contribution in [2.75, 3.05) is 13.2 Å². The quantitative estimate of drug-likeness (QED) is 0.827. The molecule has 1 aliphatic heterocycles. The lowest BCUT2D eigenvalue weighted by molar-refractivity contribution is -0.127. The average Bonchev–Trinajstić information content (AvgIpc) is 2.78. The minimum atomic E-state index is -3.82. The zero-order valence-corrected chi connectivity index (χ0v) is 13.2. The molecule has 1 heterocycles. The molecule has 1 unspecified atom stereocenters. The Morgan fingerprint density at radius 3 is 2.86 bits per heavy atom. The van der Waals surface area contributed by atoms with E-state index in [1.54, 1.807) is 0 Å². The maximum Gasteiger partial charge on any atom is 0.261 e. The number of ether oxygens (including phenoxy) is 2. The fourth-order valence-electron chi connectivity index (χ4n) is 1.94. The van der Waals surface area contributed by atoms with Gasteiger partial charge in [-0.1, -0.05) is 0 Å². The molecule has 21 heavy (non-hydrogen) atoms. The highest BCUT2D eigenvalue weighted by Crippen LogP contribution is 2.34. The van der Waals surface area contributed by atoms with Crippen LogP contribution in [0.4, 0.5) is 0 Å². The Kier molecular flexibility index (Phi) is 4.75. The summed E-state index contributed by atoms with van der Waals surface area (Å²) in [5, 5.41) is 2.74. The number of carbonyl (C=O) groups is 1. The van der Waals surface area contributed by atoms with Gasteiger partial charge < -0.3 is 14.8 Å². The van der Waals surface area contributed by atoms with Gasteiger partial charge in [0.15, 0.2) is 0 Å². The third-order valence-corrected chi connectivity index (χ3v) is 4.28. The number of halogens is 1. The van der Waals surface area contributed by atoms with Gasteiger partial charge in [-0.25, -0.2) is 8.42 Å². The number of hydrogen-bond acceptors (Lipinski definition) is 5. The molecule has 1 N–H and O–H groups in total. The topological polar surface area (TPSA) is 81.7 Å². The van der Waals surface area contributed by atoms with Crippen LogP contribution in [0.1, 0.15) is 25.5 Å². The predicted molar refractivity (Wildman–Crippen MR) is 76.9 cm³/mol. The molecule has 1 aliphatic rings. The van der Waals surface area contributed by atoms with E-state index in [0.29, 0.717) is 11.3 Å². The molecule has 2 rings (SSSR count). The average molecular weight is 334 g/mol. The predicted octanol–water partition coefficient (Wildman–Crippen LogP) is 1.59. The van der Waals surface area contributed by atoms with E-state index in [-0.39, 0.29) is 30.1 Å². The summed E-state index contributed by atoms with van der Waals surface area (Å²) >= 11 is 0. The fourth-order valence-corrected chi connectivity index (χ4v) is 2.73. The van der Waals surface area contributed by atoms with E-state index in [9.17, 15) is 13.2 Å². The number of benzene rings is 1. The Hall–Kier alpha value is -1.31. The molecular formula is C13H16ClNO5S. The van der Waals surface area contributed by atoms with Crippen molar-refractivity contribution in [2.24, 2.45) is 0 Å². The first-order valence-electron chi connectivity index (χ1n) is 6.39. The Labute approximate surface area is 127 Å². The normalized spacial score (nSPS) is 17.4. The van der Waals surface area contributed by atoms with E-state index < -0.39 is 15.1 Å². The Morgan fingerprint density at radius 1 is 1.52 bits per heavy atom. The summed E-state index contributed by atoms with van der Waals surface area (Å²) in [6.07, 6.45) is -0.0455. The van der Waals surface area contributed by atoms with Gasteiger partial charge in [0.05, 0.1) is 17.0 Å². The second-order valence-corrected chi connectivity index (χ2v) is 7.49. The molecule has 0 radical (unpaired) electrons. The molecule has 1 amide bonds. The molecule has 6 nitrogen and oxygen atoms in total. The van der Waals surface area contributed by atoms with Crippen molar-refractivity contribution in [3.8, 4) is 5.75 Å². The maximum absolute atomic E-state index is 11.8. The smallest absolute Gasteiger partial charge is 0.261 e. The minimum absolute atomic E-state index is 0.0221. The second kappa shape index (κ2) is 6.21. The molecule has 116 valence electrons.